The van der Waals surface area contributed by atoms with Crippen LogP contribution in [0.25, 0.3) is 0 Å². The van der Waals surface area contributed by atoms with Gasteiger partial charge >= 0.3 is 0 Å². The first kappa shape index (κ1) is 10.4. The lowest BCUT2D eigenvalue weighted by molar-refractivity contribution is 0.181. The van der Waals surface area contributed by atoms with Gasteiger partial charge in [-0.05, 0) is 17.7 Å². The van der Waals surface area contributed by atoms with Crippen molar-refractivity contribution in [3.8, 4) is 0 Å². The Hall–Kier alpha value is -0.640. The second-order valence-electron chi connectivity index (χ2n) is 2.73. The Balaban J connectivity index is 2.88. The van der Waals surface area contributed by atoms with E-state index in [4.69, 9.17) is 22.1 Å². The molecule has 2 nitrogen and oxygen atoms in total. The first-order valence-corrected chi connectivity index (χ1v) is 4.22. The Kier molecular flexibility index (Phi) is 3.66. The molecule has 0 aromatic heterocycles. The van der Waals surface area contributed by atoms with E-state index in [2.05, 4.69) is 0 Å². The van der Waals surface area contributed by atoms with E-state index in [9.17, 15) is 4.39 Å². The minimum Gasteiger partial charge on any atom is -0.383 e. The molecule has 0 radical (unpaired) electrons. The highest BCUT2D eigenvalue weighted by Gasteiger charge is 2.09. The van der Waals surface area contributed by atoms with E-state index in [0.717, 1.165) is 0 Å². The molecule has 0 spiro atoms. The molecule has 13 heavy (non-hydrogen) atoms. The molecule has 72 valence electrons. The summed E-state index contributed by atoms with van der Waals surface area (Å²) in [5.74, 6) is -0.363. The molecule has 0 unspecified atom stereocenters. The SMILES string of the molecule is COC[C@@H](N)c1ccc(F)cc1Cl. The van der Waals surface area contributed by atoms with E-state index in [-0.39, 0.29) is 11.9 Å². The fourth-order valence-corrected chi connectivity index (χ4v) is 1.38. The van der Waals surface area contributed by atoms with E-state index >= 15 is 0 Å². The van der Waals surface area contributed by atoms with Crippen molar-refractivity contribution in [1.82, 2.24) is 0 Å². The number of methoxy groups -OCH3 is 1. The summed E-state index contributed by atoms with van der Waals surface area (Å²) in [6.45, 7) is 0.366. The molecular formula is C9H11ClFNO. The van der Waals surface area contributed by atoms with Crippen LogP contribution in [-0.4, -0.2) is 13.7 Å². The fourth-order valence-electron chi connectivity index (χ4n) is 1.07. The van der Waals surface area contributed by atoms with Crippen molar-refractivity contribution in [2.45, 2.75) is 6.04 Å². The third-order valence-electron chi connectivity index (χ3n) is 1.71. The predicted molar refractivity (Wildman–Crippen MR) is 50.2 cm³/mol. The molecule has 0 saturated heterocycles. The highest BCUT2D eigenvalue weighted by atomic mass is 35.5. The van der Waals surface area contributed by atoms with Crippen molar-refractivity contribution in [2.24, 2.45) is 5.73 Å². The first-order valence-electron chi connectivity index (χ1n) is 3.84. The number of halogens is 2. The normalized spacial score (nSPS) is 12.9. The molecule has 0 aliphatic carbocycles. The third-order valence-corrected chi connectivity index (χ3v) is 2.04. The average molecular weight is 204 g/mol. The van der Waals surface area contributed by atoms with Gasteiger partial charge in [0.15, 0.2) is 0 Å². The minimum absolute atomic E-state index is 0.307. The minimum atomic E-state index is -0.363. The van der Waals surface area contributed by atoms with Crippen LogP contribution in [0, 0.1) is 5.82 Å². The summed E-state index contributed by atoms with van der Waals surface area (Å²) in [7, 11) is 1.55. The fraction of sp³-hybridized carbons (Fsp3) is 0.333. The van der Waals surface area contributed by atoms with E-state index in [0.29, 0.717) is 17.2 Å². The van der Waals surface area contributed by atoms with E-state index < -0.39 is 0 Å². The van der Waals surface area contributed by atoms with Crippen LogP contribution in [0.2, 0.25) is 5.02 Å². The highest BCUT2D eigenvalue weighted by molar-refractivity contribution is 6.31. The van der Waals surface area contributed by atoms with Gasteiger partial charge in [0.1, 0.15) is 5.82 Å². The molecule has 1 rings (SSSR count). The number of ether oxygens (including phenoxy) is 1. The van der Waals surface area contributed by atoms with Gasteiger partial charge in [0.2, 0.25) is 0 Å². The topological polar surface area (TPSA) is 35.2 Å². The maximum atomic E-state index is 12.6. The molecule has 2 N–H and O–H groups in total. The summed E-state index contributed by atoms with van der Waals surface area (Å²) in [4.78, 5) is 0. The zero-order valence-electron chi connectivity index (χ0n) is 7.26. The van der Waals surface area contributed by atoms with E-state index in [1.807, 2.05) is 0 Å². The van der Waals surface area contributed by atoms with Crippen molar-refractivity contribution < 1.29 is 9.13 Å². The summed E-state index contributed by atoms with van der Waals surface area (Å²) >= 11 is 5.78. The molecule has 0 heterocycles. The number of hydrogen-bond acceptors (Lipinski definition) is 2. The van der Waals surface area contributed by atoms with Crippen molar-refractivity contribution in [2.75, 3.05) is 13.7 Å². The van der Waals surface area contributed by atoms with Gasteiger partial charge < -0.3 is 10.5 Å². The lowest BCUT2D eigenvalue weighted by atomic mass is 10.1. The number of benzene rings is 1. The Labute approximate surface area is 81.4 Å². The largest absolute Gasteiger partial charge is 0.383 e. The summed E-state index contributed by atoms with van der Waals surface area (Å²) in [6.07, 6.45) is 0. The zero-order chi connectivity index (χ0) is 9.84. The maximum absolute atomic E-state index is 12.6. The number of nitrogens with two attached hydrogens (primary N) is 1. The van der Waals surface area contributed by atoms with Crippen molar-refractivity contribution >= 4 is 11.6 Å². The van der Waals surface area contributed by atoms with Crippen molar-refractivity contribution in [3.05, 3.63) is 34.6 Å². The molecule has 1 aromatic carbocycles. The number of rotatable bonds is 3. The van der Waals surface area contributed by atoms with Crippen LogP contribution in [-0.2, 0) is 4.74 Å². The van der Waals surface area contributed by atoms with Crippen LogP contribution in [0.4, 0.5) is 4.39 Å². The van der Waals surface area contributed by atoms with Gasteiger partial charge in [0.25, 0.3) is 0 Å². The maximum Gasteiger partial charge on any atom is 0.124 e. The highest BCUT2D eigenvalue weighted by Crippen LogP contribution is 2.22. The molecule has 0 aliphatic heterocycles. The van der Waals surface area contributed by atoms with E-state index in [1.54, 1.807) is 13.2 Å². The van der Waals surface area contributed by atoms with Gasteiger partial charge in [0, 0.05) is 12.1 Å². The number of hydrogen-bond donors (Lipinski definition) is 1. The van der Waals surface area contributed by atoms with Crippen molar-refractivity contribution in [3.63, 3.8) is 0 Å². The lowest BCUT2D eigenvalue weighted by Gasteiger charge is -2.12. The Morgan fingerprint density at radius 3 is 2.85 bits per heavy atom. The molecule has 0 saturated carbocycles. The Morgan fingerprint density at radius 1 is 1.62 bits per heavy atom. The second kappa shape index (κ2) is 4.56. The monoisotopic (exact) mass is 203 g/mol. The predicted octanol–water partition coefficient (Wildman–Crippen LogP) is 2.13. The second-order valence-corrected chi connectivity index (χ2v) is 3.13. The average Bonchev–Trinajstić information content (AvgIpc) is 2.04. The van der Waals surface area contributed by atoms with Crippen LogP contribution < -0.4 is 5.73 Å². The molecule has 4 heteroatoms. The summed E-state index contributed by atoms with van der Waals surface area (Å²) < 4.78 is 17.5. The van der Waals surface area contributed by atoms with Crippen LogP contribution in [0.3, 0.4) is 0 Å². The first-order chi connectivity index (χ1) is 6.15. The van der Waals surface area contributed by atoms with Gasteiger partial charge in [-0.3, -0.25) is 0 Å². The Morgan fingerprint density at radius 2 is 2.31 bits per heavy atom. The molecule has 1 aromatic rings. The summed E-state index contributed by atoms with van der Waals surface area (Å²) in [5, 5.41) is 0.338. The van der Waals surface area contributed by atoms with E-state index in [1.165, 1.54) is 12.1 Å². The summed E-state index contributed by atoms with van der Waals surface area (Å²) in [6, 6.07) is 3.84. The smallest absolute Gasteiger partial charge is 0.124 e. The van der Waals surface area contributed by atoms with Crippen LogP contribution in [0.15, 0.2) is 18.2 Å². The van der Waals surface area contributed by atoms with Crippen LogP contribution in [0.5, 0.6) is 0 Å². The van der Waals surface area contributed by atoms with Crippen molar-refractivity contribution in [1.29, 1.82) is 0 Å². The summed E-state index contributed by atoms with van der Waals surface area (Å²) in [5.41, 5.74) is 6.42. The molecule has 0 amide bonds. The van der Waals surface area contributed by atoms with Crippen LogP contribution >= 0.6 is 11.6 Å². The zero-order valence-corrected chi connectivity index (χ0v) is 8.01. The lowest BCUT2D eigenvalue weighted by Crippen LogP contribution is -2.16. The van der Waals surface area contributed by atoms with Crippen LogP contribution in [0.1, 0.15) is 11.6 Å². The molecule has 0 bridgehead atoms. The molecule has 0 fully saturated rings. The van der Waals surface area contributed by atoms with Gasteiger partial charge in [0.05, 0.1) is 12.6 Å². The van der Waals surface area contributed by atoms with Gasteiger partial charge in [-0.15, -0.1) is 0 Å². The Bertz CT molecular complexity index is 293. The standard InChI is InChI=1S/C9H11ClFNO/c1-13-5-9(12)7-3-2-6(11)4-8(7)10/h2-4,9H,5,12H2,1H3/t9-/m1/s1. The molecule has 0 aliphatic rings. The van der Waals surface area contributed by atoms with Gasteiger partial charge in [-0.25, -0.2) is 4.39 Å². The third kappa shape index (κ3) is 2.66. The van der Waals surface area contributed by atoms with Gasteiger partial charge in [-0.2, -0.15) is 0 Å². The molecular weight excluding hydrogens is 193 g/mol. The van der Waals surface area contributed by atoms with Gasteiger partial charge in [-0.1, -0.05) is 17.7 Å². The quantitative estimate of drug-likeness (QED) is 0.817. The molecule has 1 atom stereocenters.